The summed E-state index contributed by atoms with van der Waals surface area (Å²) in [6.45, 7) is 1.04. The minimum atomic E-state index is -0.599. The van der Waals surface area contributed by atoms with Crippen molar-refractivity contribution in [2.24, 2.45) is 14.1 Å². The second-order valence-corrected chi connectivity index (χ2v) is 7.25. The second-order valence-electron chi connectivity index (χ2n) is 7.25. The first-order valence-corrected chi connectivity index (χ1v) is 9.75. The number of aryl methyl sites for hydroxylation is 2. The molecule has 0 radical (unpaired) electrons. The Hall–Kier alpha value is -3.40. The Kier molecular flexibility index (Phi) is 5.40. The van der Waals surface area contributed by atoms with Gasteiger partial charge in [0, 0.05) is 38.8 Å². The van der Waals surface area contributed by atoms with Gasteiger partial charge in [0.15, 0.2) is 0 Å². The van der Waals surface area contributed by atoms with Crippen LogP contribution in [0.15, 0.2) is 30.5 Å². The molecule has 4 rings (SSSR count). The van der Waals surface area contributed by atoms with Crippen LogP contribution >= 0.6 is 0 Å². The maximum Gasteiger partial charge on any atom is 0.270 e. The maximum absolute atomic E-state index is 13.0. The summed E-state index contributed by atoms with van der Waals surface area (Å²) < 4.78 is 9.11. The number of aliphatic hydroxyl groups is 1. The van der Waals surface area contributed by atoms with Crippen molar-refractivity contribution in [1.29, 1.82) is 0 Å². The topological polar surface area (TPSA) is 115 Å². The minimum Gasteiger partial charge on any atom is -0.487 e. The molecule has 3 aromatic rings. The van der Waals surface area contributed by atoms with Crippen LogP contribution in [0.1, 0.15) is 22.6 Å². The first kappa shape index (κ1) is 19.9. The number of aliphatic hydroxyl groups excluding tert-OH is 1. The van der Waals surface area contributed by atoms with Gasteiger partial charge in [0.2, 0.25) is 5.91 Å². The standard InChI is InChI=1S/C20H24N6O4/c1-24-13(5-7-21-24)12-30-14-3-4-16-15(11-14)18(25(2)23-16)19(28)22-17-6-8-26(9-10-27)20(17)29/h3-5,7,11,17,27H,6,8-10,12H2,1-2H3,(H,22,28). The molecule has 1 fully saturated rings. The highest BCUT2D eigenvalue weighted by Crippen LogP contribution is 2.25. The first-order chi connectivity index (χ1) is 14.5. The highest BCUT2D eigenvalue weighted by Gasteiger charge is 2.33. The van der Waals surface area contributed by atoms with Gasteiger partial charge in [0.25, 0.3) is 5.91 Å². The number of benzene rings is 1. The maximum atomic E-state index is 13.0. The van der Waals surface area contributed by atoms with Crippen molar-refractivity contribution in [2.75, 3.05) is 19.7 Å². The van der Waals surface area contributed by atoms with Gasteiger partial charge in [-0.15, -0.1) is 0 Å². The van der Waals surface area contributed by atoms with Crippen molar-refractivity contribution in [1.82, 2.24) is 29.8 Å². The molecule has 10 heteroatoms. The molecule has 1 aromatic carbocycles. The predicted octanol–water partition coefficient (Wildman–Crippen LogP) is 0.209. The number of hydrogen-bond donors (Lipinski definition) is 2. The summed E-state index contributed by atoms with van der Waals surface area (Å²) in [7, 11) is 3.54. The molecule has 1 saturated heterocycles. The van der Waals surface area contributed by atoms with Gasteiger partial charge < -0.3 is 20.1 Å². The van der Waals surface area contributed by atoms with E-state index >= 15 is 0 Å². The summed E-state index contributed by atoms with van der Waals surface area (Å²) in [6, 6.07) is 6.66. The molecule has 0 aliphatic carbocycles. The van der Waals surface area contributed by atoms with Crippen LogP contribution in [0.3, 0.4) is 0 Å². The number of β-amino-alcohol motifs (C(OH)–C–C–N with tert-alkyl or cyclic N) is 1. The number of fused-ring (bicyclic) bond motifs is 1. The molecule has 0 bridgehead atoms. The molecule has 3 heterocycles. The van der Waals surface area contributed by atoms with Gasteiger partial charge in [-0.25, -0.2) is 0 Å². The average Bonchev–Trinajstić information content (AvgIpc) is 3.38. The number of nitrogens with one attached hydrogen (secondary N) is 1. The number of hydrogen-bond acceptors (Lipinski definition) is 6. The van der Waals surface area contributed by atoms with Crippen LogP contribution in [0.25, 0.3) is 10.9 Å². The molecule has 1 unspecified atom stereocenters. The predicted molar refractivity (Wildman–Crippen MR) is 108 cm³/mol. The van der Waals surface area contributed by atoms with Gasteiger partial charge in [0.1, 0.15) is 24.1 Å². The van der Waals surface area contributed by atoms with Crippen molar-refractivity contribution in [3.05, 3.63) is 41.9 Å². The molecule has 2 amide bonds. The fourth-order valence-corrected chi connectivity index (χ4v) is 3.68. The van der Waals surface area contributed by atoms with Gasteiger partial charge in [-0.2, -0.15) is 10.2 Å². The lowest BCUT2D eigenvalue weighted by atomic mass is 10.1. The van der Waals surface area contributed by atoms with E-state index < -0.39 is 6.04 Å². The number of carbonyl (C=O) groups excluding carboxylic acids is 2. The van der Waals surface area contributed by atoms with Crippen molar-refractivity contribution in [3.8, 4) is 5.75 Å². The number of amides is 2. The van der Waals surface area contributed by atoms with Crippen molar-refractivity contribution >= 4 is 22.7 Å². The monoisotopic (exact) mass is 412 g/mol. The molecular weight excluding hydrogens is 388 g/mol. The number of aromatic nitrogens is 4. The van der Waals surface area contributed by atoms with Gasteiger partial charge in [0.05, 0.1) is 17.8 Å². The smallest absolute Gasteiger partial charge is 0.270 e. The largest absolute Gasteiger partial charge is 0.487 e. The Morgan fingerprint density at radius 1 is 1.30 bits per heavy atom. The Morgan fingerprint density at radius 2 is 2.13 bits per heavy atom. The fourth-order valence-electron chi connectivity index (χ4n) is 3.68. The molecule has 0 spiro atoms. The van der Waals surface area contributed by atoms with Gasteiger partial charge in [-0.05, 0) is 30.7 Å². The zero-order chi connectivity index (χ0) is 21.3. The molecule has 2 N–H and O–H groups in total. The Balaban J connectivity index is 1.53. The van der Waals surface area contributed by atoms with Gasteiger partial charge in [-0.1, -0.05) is 0 Å². The third-order valence-corrected chi connectivity index (χ3v) is 5.30. The lowest BCUT2D eigenvalue weighted by Crippen LogP contribution is -2.42. The van der Waals surface area contributed by atoms with E-state index in [1.165, 1.54) is 4.68 Å². The minimum absolute atomic E-state index is 0.0969. The van der Waals surface area contributed by atoms with Crippen LogP contribution in [0, 0.1) is 0 Å². The summed E-state index contributed by atoms with van der Waals surface area (Å²) in [5, 5.41) is 21.0. The zero-order valence-corrected chi connectivity index (χ0v) is 16.9. The fraction of sp³-hybridized carbons (Fsp3) is 0.400. The third-order valence-electron chi connectivity index (χ3n) is 5.30. The van der Waals surface area contributed by atoms with Crippen LogP contribution in [0.4, 0.5) is 0 Å². The van der Waals surface area contributed by atoms with Crippen LogP contribution < -0.4 is 10.1 Å². The van der Waals surface area contributed by atoms with Crippen molar-refractivity contribution in [2.45, 2.75) is 19.1 Å². The van der Waals surface area contributed by atoms with E-state index in [4.69, 9.17) is 9.84 Å². The second kappa shape index (κ2) is 8.15. The van der Waals surface area contributed by atoms with Crippen LogP contribution in [0.2, 0.25) is 0 Å². The molecule has 10 nitrogen and oxygen atoms in total. The Bertz CT molecular complexity index is 1090. The van der Waals surface area contributed by atoms with E-state index in [9.17, 15) is 9.59 Å². The molecule has 1 atom stereocenters. The SMILES string of the molecule is Cn1nccc1COc1ccc2nn(C)c(C(=O)NC3CCN(CCO)C3=O)c2c1. The molecule has 30 heavy (non-hydrogen) atoms. The van der Waals surface area contributed by atoms with Crippen LogP contribution in [-0.4, -0.2) is 67.1 Å². The van der Waals surface area contributed by atoms with E-state index in [-0.39, 0.29) is 25.0 Å². The summed E-state index contributed by atoms with van der Waals surface area (Å²) >= 11 is 0. The molecule has 0 saturated carbocycles. The Labute approximate surface area is 173 Å². The number of carbonyl (C=O) groups is 2. The highest BCUT2D eigenvalue weighted by atomic mass is 16.5. The van der Waals surface area contributed by atoms with Crippen molar-refractivity contribution in [3.63, 3.8) is 0 Å². The summed E-state index contributed by atoms with van der Waals surface area (Å²) in [5.41, 5.74) is 1.95. The van der Waals surface area contributed by atoms with E-state index in [1.54, 1.807) is 41.0 Å². The highest BCUT2D eigenvalue weighted by molar-refractivity contribution is 6.06. The van der Waals surface area contributed by atoms with Gasteiger partial charge in [-0.3, -0.25) is 19.0 Å². The van der Waals surface area contributed by atoms with E-state index in [0.29, 0.717) is 41.9 Å². The van der Waals surface area contributed by atoms with Gasteiger partial charge >= 0.3 is 0 Å². The van der Waals surface area contributed by atoms with E-state index in [1.807, 2.05) is 13.1 Å². The quantitative estimate of drug-likeness (QED) is 0.573. The summed E-state index contributed by atoms with van der Waals surface area (Å²) in [5.74, 6) is 0.0638. The molecular formula is C20H24N6O4. The lowest BCUT2D eigenvalue weighted by molar-refractivity contribution is -0.129. The average molecular weight is 412 g/mol. The normalized spacial score (nSPS) is 16.4. The number of ether oxygens (including phenoxy) is 1. The molecule has 2 aromatic heterocycles. The van der Waals surface area contributed by atoms with E-state index in [0.717, 1.165) is 5.69 Å². The van der Waals surface area contributed by atoms with Crippen LogP contribution in [-0.2, 0) is 25.5 Å². The summed E-state index contributed by atoms with van der Waals surface area (Å²) in [6.07, 6.45) is 2.22. The first-order valence-electron chi connectivity index (χ1n) is 9.75. The van der Waals surface area contributed by atoms with Crippen LogP contribution in [0.5, 0.6) is 5.75 Å². The molecule has 158 valence electrons. The van der Waals surface area contributed by atoms with Crippen molar-refractivity contribution < 1.29 is 19.4 Å². The molecule has 1 aliphatic heterocycles. The summed E-state index contributed by atoms with van der Waals surface area (Å²) in [4.78, 5) is 26.9. The lowest BCUT2D eigenvalue weighted by Gasteiger charge is -2.15. The Morgan fingerprint density at radius 3 is 2.87 bits per heavy atom. The molecule has 1 aliphatic rings. The number of nitrogens with zero attached hydrogens (tertiary/aromatic N) is 5. The number of rotatable bonds is 7. The number of likely N-dealkylation sites (tertiary alicyclic amines) is 1. The zero-order valence-electron chi connectivity index (χ0n) is 16.9. The van der Waals surface area contributed by atoms with E-state index in [2.05, 4.69) is 15.5 Å². The third kappa shape index (κ3) is 3.73.